The van der Waals surface area contributed by atoms with Crippen molar-refractivity contribution in [1.82, 2.24) is 15.0 Å². The molecule has 3 rings (SSSR count). The average Bonchev–Trinajstić information content (AvgIpc) is 2.53. The fourth-order valence-electron chi connectivity index (χ4n) is 2.25. The van der Waals surface area contributed by atoms with Gasteiger partial charge in [-0.2, -0.15) is 13.2 Å². The van der Waals surface area contributed by atoms with Gasteiger partial charge in [-0.25, -0.2) is 15.0 Å². The lowest BCUT2D eigenvalue weighted by atomic mass is 10.2. The highest BCUT2D eigenvalue weighted by Gasteiger charge is 2.33. The number of aromatic nitrogens is 3. The first-order valence-electron chi connectivity index (χ1n) is 6.57. The second-order valence-corrected chi connectivity index (χ2v) is 4.82. The summed E-state index contributed by atoms with van der Waals surface area (Å²) in [5, 5.41) is 3.14. The van der Waals surface area contributed by atoms with E-state index in [1.54, 1.807) is 4.90 Å². The number of nitrogens with one attached hydrogen (secondary N) is 1. The zero-order valence-corrected chi connectivity index (χ0v) is 11.4. The Morgan fingerprint density at radius 1 is 1.23 bits per heavy atom. The van der Waals surface area contributed by atoms with Crippen LogP contribution in [0.4, 0.5) is 30.5 Å². The van der Waals surface area contributed by atoms with Crippen molar-refractivity contribution in [2.75, 3.05) is 23.3 Å². The van der Waals surface area contributed by atoms with Crippen LogP contribution in [0.15, 0.2) is 30.7 Å². The molecule has 0 spiro atoms. The first kappa shape index (κ1) is 14.5. The van der Waals surface area contributed by atoms with Crippen molar-refractivity contribution in [2.45, 2.75) is 12.2 Å². The summed E-state index contributed by atoms with van der Waals surface area (Å²) in [7, 11) is 0. The molecule has 3 heterocycles. The molecule has 3 N–H and O–H groups in total. The summed E-state index contributed by atoms with van der Waals surface area (Å²) in [5.74, 6) is 1.08. The van der Waals surface area contributed by atoms with Crippen LogP contribution in [0.5, 0.6) is 0 Å². The maximum Gasteiger partial charge on any atom is 0.433 e. The molecule has 0 aromatic carbocycles. The van der Waals surface area contributed by atoms with Crippen LogP contribution in [0, 0.1) is 0 Å². The lowest BCUT2D eigenvalue weighted by Gasteiger charge is -2.34. The fourth-order valence-corrected chi connectivity index (χ4v) is 2.25. The largest absolute Gasteiger partial charge is 0.433 e. The number of pyridine rings is 1. The van der Waals surface area contributed by atoms with E-state index in [0.29, 0.717) is 30.4 Å². The van der Waals surface area contributed by atoms with Gasteiger partial charge in [-0.15, -0.1) is 0 Å². The van der Waals surface area contributed by atoms with Gasteiger partial charge in [-0.05, 0) is 12.1 Å². The molecule has 116 valence electrons. The normalized spacial score (nSPS) is 17.8. The second-order valence-electron chi connectivity index (χ2n) is 4.82. The highest BCUT2D eigenvalue weighted by Crippen LogP contribution is 2.34. The van der Waals surface area contributed by atoms with Crippen LogP contribution < -0.4 is 16.0 Å². The summed E-state index contributed by atoms with van der Waals surface area (Å²) < 4.78 is 37.8. The maximum absolute atomic E-state index is 12.6. The fraction of sp³-hybridized carbons (Fsp3) is 0.308. The standard InChI is InChI=1S/C13H13F3N6/c14-13(15,16)10-2-1-9(6-20-10)22-7-8(5-17)21-11-12(22)19-4-3-18-11/h1-4,6,8H,5,7,17H2,(H,18,21). The summed E-state index contributed by atoms with van der Waals surface area (Å²) in [4.78, 5) is 13.6. The number of fused-ring (bicyclic) bond motifs is 1. The minimum atomic E-state index is -4.46. The second kappa shape index (κ2) is 5.41. The number of nitrogens with two attached hydrogens (primary N) is 1. The number of halogens is 3. The van der Waals surface area contributed by atoms with E-state index in [1.165, 1.54) is 24.7 Å². The minimum absolute atomic E-state index is 0.0773. The van der Waals surface area contributed by atoms with Gasteiger partial charge in [0.25, 0.3) is 0 Å². The molecule has 1 unspecified atom stereocenters. The van der Waals surface area contributed by atoms with E-state index < -0.39 is 11.9 Å². The Kier molecular flexibility index (Phi) is 3.57. The van der Waals surface area contributed by atoms with Crippen molar-refractivity contribution in [1.29, 1.82) is 0 Å². The van der Waals surface area contributed by atoms with Gasteiger partial charge in [0.1, 0.15) is 5.69 Å². The maximum atomic E-state index is 12.6. The van der Waals surface area contributed by atoms with Gasteiger partial charge in [0.15, 0.2) is 11.6 Å². The van der Waals surface area contributed by atoms with E-state index in [-0.39, 0.29) is 6.04 Å². The topological polar surface area (TPSA) is 80.0 Å². The molecule has 0 aliphatic carbocycles. The highest BCUT2D eigenvalue weighted by atomic mass is 19.4. The molecule has 0 amide bonds. The van der Waals surface area contributed by atoms with Gasteiger partial charge in [-0.3, -0.25) is 0 Å². The molecule has 0 saturated heterocycles. The zero-order chi connectivity index (χ0) is 15.7. The SMILES string of the molecule is NCC1CN(c2ccc(C(F)(F)F)nc2)c2nccnc2N1. The zero-order valence-electron chi connectivity index (χ0n) is 11.4. The molecule has 0 fully saturated rings. The van der Waals surface area contributed by atoms with Crippen LogP contribution >= 0.6 is 0 Å². The third kappa shape index (κ3) is 2.67. The Hall–Kier alpha value is -2.42. The van der Waals surface area contributed by atoms with Crippen molar-refractivity contribution >= 4 is 17.3 Å². The Balaban J connectivity index is 1.97. The molecular weight excluding hydrogens is 297 g/mol. The van der Waals surface area contributed by atoms with Crippen molar-refractivity contribution in [3.8, 4) is 0 Å². The smallest absolute Gasteiger partial charge is 0.361 e. The van der Waals surface area contributed by atoms with Crippen LogP contribution in [-0.2, 0) is 6.18 Å². The van der Waals surface area contributed by atoms with Crippen molar-refractivity contribution in [2.24, 2.45) is 5.73 Å². The van der Waals surface area contributed by atoms with E-state index in [9.17, 15) is 13.2 Å². The number of hydrogen-bond acceptors (Lipinski definition) is 6. The number of anilines is 3. The summed E-state index contributed by atoms with van der Waals surface area (Å²) in [6.07, 6.45) is -0.221. The van der Waals surface area contributed by atoms with Gasteiger partial charge in [0.05, 0.1) is 17.9 Å². The number of hydrogen-bond donors (Lipinski definition) is 2. The summed E-state index contributed by atoms with van der Waals surface area (Å²) in [5.41, 5.74) is 5.26. The minimum Gasteiger partial charge on any atom is -0.361 e. The number of alkyl halides is 3. The van der Waals surface area contributed by atoms with E-state index in [2.05, 4.69) is 20.3 Å². The average molecular weight is 310 g/mol. The van der Waals surface area contributed by atoms with Crippen molar-refractivity contribution < 1.29 is 13.2 Å². The first-order valence-corrected chi connectivity index (χ1v) is 6.57. The summed E-state index contributed by atoms with van der Waals surface area (Å²) >= 11 is 0. The third-order valence-corrected chi connectivity index (χ3v) is 3.31. The lowest BCUT2D eigenvalue weighted by Crippen LogP contribution is -2.44. The monoisotopic (exact) mass is 310 g/mol. The van der Waals surface area contributed by atoms with Crippen LogP contribution in [0.1, 0.15) is 5.69 Å². The molecule has 1 aliphatic heterocycles. The molecule has 0 saturated carbocycles. The highest BCUT2D eigenvalue weighted by molar-refractivity contribution is 5.72. The van der Waals surface area contributed by atoms with Crippen molar-refractivity contribution in [3.05, 3.63) is 36.4 Å². The molecule has 2 aromatic heterocycles. The summed E-state index contributed by atoms with van der Waals surface area (Å²) in [6.45, 7) is 0.829. The Morgan fingerprint density at radius 2 is 2.00 bits per heavy atom. The van der Waals surface area contributed by atoms with Crippen molar-refractivity contribution in [3.63, 3.8) is 0 Å². The van der Waals surface area contributed by atoms with Gasteiger partial charge in [0, 0.05) is 25.5 Å². The summed E-state index contributed by atoms with van der Waals surface area (Å²) in [6, 6.07) is 2.24. The van der Waals surface area contributed by atoms with Gasteiger partial charge in [-0.1, -0.05) is 0 Å². The molecule has 22 heavy (non-hydrogen) atoms. The predicted octanol–water partition coefficient (Wildman–Crippen LogP) is 1.78. The molecule has 1 atom stereocenters. The van der Waals surface area contributed by atoms with Crippen LogP contribution in [0.2, 0.25) is 0 Å². The molecule has 0 radical (unpaired) electrons. The van der Waals surface area contributed by atoms with Crippen LogP contribution in [0.25, 0.3) is 0 Å². The van der Waals surface area contributed by atoms with E-state index in [0.717, 1.165) is 6.07 Å². The Morgan fingerprint density at radius 3 is 2.64 bits per heavy atom. The quantitative estimate of drug-likeness (QED) is 0.880. The van der Waals surface area contributed by atoms with E-state index in [4.69, 9.17) is 5.73 Å². The Bertz CT molecular complexity index is 658. The van der Waals surface area contributed by atoms with E-state index in [1.807, 2.05) is 0 Å². The number of rotatable bonds is 2. The third-order valence-electron chi connectivity index (χ3n) is 3.31. The molecular formula is C13H13F3N6. The molecule has 9 heteroatoms. The molecule has 1 aliphatic rings. The van der Waals surface area contributed by atoms with Gasteiger partial charge < -0.3 is 16.0 Å². The Labute approximate surface area is 124 Å². The predicted molar refractivity (Wildman–Crippen MR) is 74.7 cm³/mol. The van der Waals surface area contributed by atoms with E-state index >= 15 is 0 Å². The van der Waals surface area contributed by atoms with Crippen LogP contribution in [-0.4, -0.2) is 34.1 Å². The molecule has 2 aromatic rings. The van der Waals surface area contributed by atoms with Crippen LogP contribution in [0.3, 0.4) is 0 Å². The van der Waals surface area contributed by atoms with Gasteiger partial charge in [0.2, 0.25) is 0 Å². The lowest BCUT2D eigenvalue weighted by molar-refractivity contribution is -0.141. The molecule has 6 nitrogen and oxygen atoms in total. The van der Waals surface area contributed by atoms with Gasteiger partial charge >= 0.3 is 6.18 Å². The number of nitrogens with zero attached hydrogens (tertiary/aromatic N) is 4. The molecule has 0 bridgehead atoms. The first-order chi connectivity index (χ1) is 10.5.